The lowest BCUT2D eigenvalue weighted by Crippen LogP contribution is -2.59. The van der Waals surface area contributed by atoms with E-state index in [9.17, 15) is 0 Å². The normalized spacial score (nSPS) is 12.8. The smallest absolute Gasteiger partial charge is 0.117 e. The van der Waals surface area contributed by atoms with Crippen molar-refractivity contribution in [2.75, 3.05) is 13.6 Å². The molecule has 3 heteroatoms. The van der Waals surface area contributed by atoms with Crippen LogP contribution in [-0.4, -0.2) is 24.3 Å². The molecule has 0 fully saturated rings. The number of nitrogens with zero attached hydrogens (tertiary/aromatic N) is 1. The van der Waals surface area contributed by atoms with Gasteiger partial charge in [0.1, 0.15) is 5.79 Å². The SMILES string of the molecule is CCN(C)C(C)(N)N. The Balaban J connectivity index is 3.62. The van der Waals surface area contributed by atoms with Crippen LogP contribution in [0.5, 0.6) is 0 Å². The summed E-state index contributed by atoms with van der Waals surface area (Å²) >= 11 is 0. The Bertz CT molecular complexity index is 64.6. The lowest BCUT2D eigenvalue weighted by molar-refractivity contribution is 0.159. The fraction of sp³-hybridized carbons (Fsp3) is 1.00. The second-order valence-corrected chi connectivity index (χ2v) is 2.24. The quantitative estimate of drug-likeness (QED) is 0.481. The van der Waals surface area contributed by atoms with Crippen LogP contribution < -0.4 is 11.5 Å². The summed E-state index contributed by atoms with van der Waals surface area (Å²) in [7, 11) is 1.89. The van der Waals surface area contributed by atoms with Crippen molar-refractivity contribution in [3.8, 4) is 0 Å². The summed E-state index contributed by atoms with van der Waals surface area (Å²) in [4.78, 5) is 1.87. The van der Waals surface area contributed by atoms with E-state index in [1.165, 1.54) is 0 Å². The lowest BCUT2D eigenvalue weighted by Gasteiger charge is -2.29. The van der Waals surface area contributed by atoms with Crippen molar-refractivity contribution in [3.05, 3.63) is 0 Å². The average Bonchev–Trinajstić information content (AvgIpc) is 1.62. The van der Waals surface area contributed by atoms with Crippen LogP contribution in [0, 0.1) is 0 Å². The second-order valence-electron chi connectivity index (χ2n) is 2.24. The Morgan fingerprint density at radius 2 is 1.88 bits per heavy atom. The molecule has 0 rings (SSSR count). The minimum absolute atomic E-state index is 0.658. The van der Waals surface area contributed by atoms with Gasteiger partial charge in [-0.2, -0.15) is 0 Å². The zero-order valence-corrected chi connectivity index (χ0v) is 5.81. The minimum atomic E-state index is -0.658. The standard InChI is InChI=1S/C5H15N3/c1-4-8(3)5(2,6)7/h4,6-7H2,1-3H3. The average molecular weight is 117 g/mol. The molecule has 0 bridgehead atoms. The van der Waals surface area contributed by atoms with E-state index in [0.717, 1.165) is 6.54 Å². The van der Waals surface area contributed by atoms with Gasteiger partial charge >= 0.3 is 0 Å². The Morgan fingerprint density at radius 1 is 1.50 bits per heavy atom. The van der Waals surface area contributed by atoms with Gasteiger partial charge in [0.25, 0.3) is 0 Å². The first-order chi connectivity index (χ1) is 3.48. The molecule has 0 unspecified atom stereocenters. The van der Waals surface area contributed by atoms with Crippen molar-refractivity contribution in [3.63, 3.8) is 0 Å². The topological polar surface area (TPSA) is 55.3 Å². The number of hydrogen-bond acceptors (Lipinski definition) is 3. The molecular weight excluding hydrogens is 102 g/mol. The molecule has 0 saturated carbocycles. The van der Waals surface area contributed by atoms with Gasteiger partial charge in [-0.25, -0.2) is 0 Å². The predicted molar refractivity (Wildman–Crippen MR) is 35.1 cm³/mol. The highest BCUT2D eigenvalue weighted by atomic mass is 15.3. The maximum atomic E-state index is 5.49. The zero-order chi connectivity index (χ0) is 6.78. The van der Waals surface area contributed by atoms with Crippen LogP contribution in [0.1, 0.15) is 13.8 Å². The molecule has 0 aliphatic heterocycles. The molecule has 0 atom stereocenters. The van der Waals surface area contributed by atoms with E-state index in [1.807, 2.05) is 18.9 Å². The third-order valence-electron chi connectivity index (χ3n) is 1.30. The largest absolute Gasteiger partial charge is 0.301 e. The highest BCUT2D eigenvalue weighted by Crippen LogP contribution is 1.93. The fourth-order valence-corrected chi connectivity index (χ4v) is 0.341. The minimum Gasteiger partial charge on any atom is -0.301 e. The van der Waals surface area contributed by atoms with Gasteiger partial charge < -0.3 is 11.5 Å². The fourth-order valence-electron chi connectivity index (χ4n) is 0.341. The Labute approximate surface area is 50.6 Å². The van der Waals surface area contributed by atoms with Crippen LogP contribution in [0.15, 0.2) is 0 Å². The van der Waals surface area contributed by atoms with Crippen LogP contribution >= 0.6 is 0 Å². The van der Waals surface area contributed by atoms with Gasteiger partial charge in [0.2, 0.25) is 0 Å². The molecular formula is C5H15N3. The van der Waals surface area contributed by atoms with Gasteiger partial charge in [-0.1, -0.05) is 6.92 Å². The first-order valence-corrected chi connectivity index (χ1v) is 2.77. The van der Waals surface area contributed by atoms with Crippen LogP contribution in [-0.2, 0) is 0 Å². The van der Waals surface area contributed by atoms with Crippen molar-refractivity contribution >= 4 is 0 Å². The van der Waals surface area contributed by atoms with Crippen LogP contribution in [0.2, 0.25) is 0 Å². The van der Waals surface area contributed by atoms with E-state index in [4.69, 9.17) is 11.5 Å². The maximum absolute atomic E-state index is 5.49. The van der Waals surface area contributed by atoms with E-state index in [-0.39, 0.29) is 0 Å². The van der Waals surface area contributed by atoms with E-state index in [0.29, 0.717) is 0 Å². The van der Waals surface area contributed by atoms with Crippen molar-refractivity contribution in [1.29, 1.82) is 0 Å². The summed E-state index contributed by atoms with van der Waals surface area (Å²) in [6.07, 6.45) is 0. The monoisotopic (exact) mass is 117 g/mol. The number of hydrogen-bond donors (Lipinski definition) is 2. The summed E-state index contributed by atoms with van der Waals surface area (Å²) < 4.78 is 0. The molecule has 0 saturated heterocycles. The van der Waals surface area contributed by atoms with Gasteiger partial charge in [0.15, 0.2) is 0 Å². The van der Waals surface area contributed by atoms with E-state index in [1.54, 1.807) is 6.92 Å². The molecule has 0 spiro atoms. The molecule has 3 nitrogen and oxygen atoms in total. The number of rotatable bonds is 2. The summed E-state index contributed by atoms with van der Waals surface area (Å²) in [5.74, 6) is -0.658. The second kappa shape index (κ2) is 2.44. The first-order valence-electron chi connectivity index (χ1n) is 2.77. The van der Waals surface area contributed by atoms with Crippen molar-refractivity contribution in [2.45, 2.75) is 19.6 Å². The molecule has 0 aromatic heterocycles. The van der Waals surface area contributed by atoms with Gasteiger partial charge in [-0.15, -0.1) is 0 Å². The maximum Gasteiger partial charge on any atom is 0.117 e. The molecule has 0 heterocycles. The van der Waals surface area contributed by atoms with Crippen molar-refractivity contribution in [2.24, 2.45) is 11.5 Å². The highest BCUT2D eigenvalue weighted by molar-refractivity contribution is 4.66. The Hall–Kier alpha value is -0.120. The van der Waals surface area contributed by atoms with Gasteiger partial charge in [-0.05, 0) is 20.5 Å². The van der Waals surface area contributed by atoms with Crippen molar-refractivity contribution in [1.82, 2.24) is 4.90 Å². The Kier molecular flexibility index (Phi) is 2.40. The highest BCUT2D eigenvalue weighted by Gasteiger charge is 2.14. The summed E-state index contributed by atoms with van der Waals surface area (Å²) in [5.41, 5.74) is 11.0. The lowest BCUT2D eigenvalue weighted by atomic mass is 10.4. The van der Waals surface area contributed by atoms with Gasteiger partial charge in [0.05, 0.1) is 0 Å². The molecule has 0 aliphatic rings. The first kappa shape index (κ1) is 7.88. The molecule has 8 heavy (non-hydrogen) atoms. The molecule has 0 aromatic rings. The number of nitrogens with two attached hydrogens (primary N) is 2. The summed E-state index contributed by atoms with van der Waals surface area (Å²) in [5, 5.41) is 0. The van der Waals surface area contributed by atoms with E-state index >= 15 is 0 Å². The molecule has 50 valence electrons. The third-order valence-corrected chi connectivity index (χ3v) is 1.30. The molecule has 0 radical (unpaired) electrons. The van der Waals surface area contributed by atoms with Gasteiger partial charge in [0, 0.05) is 0 Å². The van der Waals surface area contributed by atoms with E-state index < -0.39 is 5.79 Å². The van der Waals surface area contributed by atoms with Crippen LogP contribution in [0.3, 0.4) is 0 Å². The summed E-state index contributed by atoms with van der Waals surface area (Å²) in [6, 6.07) is 0. The van der Waals surface area contributed by atoms with Crippen molar-refractivity contribution < 1.29 is 0 Å². The van der Waals surface area contributed by atoms with E-state index in [2.05, 4.69) is 0 Å². The third kappa shape index (κ3) is 2.26. The molecule has 0 amide bonds. The predicted octanol–water partition coefficient (Wildman–Crippen LogP) is -0.471. The van der Waals surface area contributed by atoms with Crippen LogP contribution in [0.4, 0.5) is 0 Å². The van der Waals surface area contributed by atoms with Crippen LogP contribution in [0.25, 0.3) is 0 Å². The molecule has 4 N–H and O–H groups in total. The molecule has 0 aromatic carbocycles. The zero-order valence-electron chi connectivity index (χ0n) is 5.81. The van der Waals surface area contributed by atoms with Gasteiger partial charge in [-0.3, -0.25) is 4.90 Å². The Morgan fingerprint density at radius 3 is 1.88 bits per heavy atom. The molecule has 0 aliphatic carbocycles. The summed E-state index contributed by atoms with van der Waals surface area (Å²) in [6.45, 7) is 4.66.